The number of ether oxygens (including phenoxy) is 2. The summed E-state index contributed by atoms with van der Waals surface area (Å²) in [6.07, 6.45) is 5.65. The molecule has 6 unspecified atom stereocenters. The van der Waals surface area contributed by atoms with Crippen LogP contribution in [0.5, 0.6) is 0 Å². The number of rotatable bonds is 0. The van der Waals surface area contributed by atoms with Crippen LogP contribution in [0.2, 0.25) is 0 Å². The van der Waals surface area contributed by atoms with Crippen LogP contribution in [0.15, 0.2) is 11.3 Å². The largest absolute Gasteiger partial charge is 0.431 e. The highest BCUT2D eigenvalue weighted by atomic mass is 16.6. The first-order valence-electron chi connectivity index (χ1n) is 8.58. The zero-order valence-electron chi connectivity index (χ0n) is 13.2. The van der Waals surface area contributed by atoms with Gasteiger partial charge in [-0.25, -0.2) is 0 Å². The van der Waals surface area contributed by atoms with Crippen LogP contribution in [-0.2, 0) is 19.1 Å². The highest BCUT2D eigenvalue weighted by molar-refractivity contribution is 5.93. The fourth-order valence-electron chi connectivity index (χ4n) is 5.86. The number of carbonyl (C=O) groups excluding carboxylic acids is 2. The molecule has 4 heteroatoms. The van der Waals surface area contributed by atoms with Crippen molar-refractivity contribution in [1.29, 1.82) is 0 Å². The van der Waals surface area contributed by atoms with Gasteiger partial charge < -0.3 is 9.47 Å². The number of epoxide rings is 1. The lowest BCUT2D eigenvalue weighted by molar-refractivity contribution is -0.167. The SMILES string of the molecule is CC12CCCC1=C1OC(=O)C3CC(=O)C4OC4C3(C)C1CC2. The average molecular weight is 302 g/mol. The maximum absolute atomic E-state index is 12.6. The van der Waals surface area contributed by atoms with Crippen molar-refractivity contribution in [1.82, 2.24) is 0 Å². The third-order valence-corrected chi connectivity index (χ3v) is 7.31. The van der Waals surface area contributed by atoms with Crippen molar-refractivity contribution >= 4 is 11.8 Å². The molecule has 4 nitrogen and oxygen atoms in total. The van der Waals surface area contributed by atoms with Crippen molar-refractivity contribution in [3.63, 3.8) is 0 Å². The summed E-state index contributed by atoms with van der Waals surface area (Å²) in [5.41, 5.74) is 1.36. The average Bonchev–Trinajstić information content (AvgIpc) is 3.19. The van der Waals surface area contributed by atoms with E-state index < -0.39 is 0 Å². The minimum Gasteiger partial charge on any atom is -0.431 e. The van der Waals surface area contributed by atoms with Crippen LogP contribution in [0.25, 0.3) is 0 Å². The van der Waals surface area contributed by atoms with Crippen molar-refractivity contribution in [2.24, 2.45) is 22.7 Å². The minimum atomic E-state index is -0.316. The third-order valence-electron chi connectivity index (χ3n) is 7.31. The van der Waals surface area contributed by atoms with Gasteiger partial charge in [-0.2, -0.15) is 0 Å². The zero-order chi connectivity index (χ0) is 15.3. The van der Waals surface area contributed by atoms with Crippen LogP contribution in [0.1, 0.15) is 52.4 Å². The predicted octanol–water partition coefficient (Wildman–Crippen LogP) is 2.76. The van der Waals surface area contributed by atoms with Crippen LogP contribution < -0.4 is 0 Å². The molecule has 0 radical (unpaired) electrons. The summed E-state index contributed by atoms with van der Waals surface area (Å²) in [5.74, 6) is 0.781. The number of hydrogen-bond acceptors (Lipinski definition) is 4. The Hall–Kier alpha value is -1.16. The van der Waals surface area contributed by atoms with E-state index in [-0.39, 0.29) is 46.6 Å². The maximum Gasteiger partial charge on any atom is 0.315 e. The van der Waals surface area contributed by atoms with E-state index in [1.54, 1.807) is 0 Å². The van der Waals surface area contributed by atoms with E-state index in [2.05, 4.69) is 13.8 Å². The molecule has 0 bridgehead atoms. The number of allylic oxidation sites excluding steroid dienone is 2. The van der Waals surface area contributed by atoms with Gasteiger partial charge in [0.05, 0.1) is 12.0 Å². The highest BCUT2D eigenvalue weighted by Crippen LogP contribution is 2.64. The molecule has 0 spiro atoms. The van der Waals surface area contributed by atoms with E-state index in [0.29, 0.717) is 6.42 Å². The second-order valence-corrected chi connectivity index (χ2v) is 8.34. The molecule has 0 N–H and O–H groups in total. The highest BCUT2D eigenvalue weighted by Gasteiger charge is 2.70. The van der Waals surface area contributed by atoms with Crippen LogP contribution in [0.4, 0.5) is 0 Å². The molecular formula is C18H22O4. The fraction of sp³-hybridized carbons (Fsp3) is 0.778. The molecule has 22 heavy (non-hydrogen) atoms. The number of esters is 1. The predicted molar refractivity (Wildman–Crippen MR) is 77.7 cm³/mol. The Labute approximate surface area is 130 Å². The Morgan fingerprint density at radius 3 is 2.77 bits per heavy atom. The molecule has 0 amide bonds. The fourth-order valence-corrected chi connectivity index (χ4v) is 5.86. The molecule has 0 aromatic carbocycles. The number of fused-ring (bicyclic) bond motifs is 6. The van der Waals surface area contributed by atoms with Gasteiger partial charge in [-0.1, -0.05) is 13.8 Å². The molecular weight excluding hydrogens is 280 g/mol. The van der Waals surface area contributed by atoms with E-state index in [1.165, 1.54) is 24.8 Å². The van der Waals surface area contributed by atoms with E-state index in [0.717, 1.165) is 18.6 Å². The van der Waals surface area contributed by atoms with Crippen molar-refractivity contribution in [2.75, 3.05) is 0 Å². The first-order chi connectivity index (χ1) is 10.4. The van der Waals surface area contributed by atoms with E-state index in [1.807, 2.05) is 0 Å². The van der Waals surface area contributed by atoms with Gasteiger partial charge in [-0.3, -0.25) is 9.59 Å². The first kappa shape index (κ1) is 13.3. The molecule has 0 aromatic rings. The van der Waals surface area contributed by atoms with Crippen molar-refractivity contribution < 1.29 is 19.1 Å². The second-order valence-electron chi connectivity index (χ2n) is 8.34. The Bertz CT molecular complexity index is 635. The summed E-state index contributed by atoms with van der Waals surface area (Å²) in [6, 6.07) is 0. The molecule has 3 aliphatic carbocycles. The number of carbonyl (C=O) groups is 2. The number of ketones is 1. The lowest BCUT2D eigenvalue weighted by Crippen LogP contribution is -2.55. The van der Waals surface area contributed by atoms with Gasteiger partial charge >= 0.3 is 5.97 Å². The molecule has 4 fully saturated rings. The Morgan fingerprint density at radius 1 is 1.14 bits per heavy atom. The zero-order valence-corrected chi connectivity index (χ0v) is 13.2. The molecule has 6 atom stereocenters. The normalized spacial score (nSPS) is 52.5. The van der Waals surface area contributed by atoms with E-state index in [4.69, 9.17) is 9.47 Å². The topological polar surface area (TPSA) is 55.9 Å². The van der Waals surface area contributed by atoms with Gasteiger partial charge in [0.15, 0.2) is 5.78 Å². The van der Waals surface area contributed by atoms with Gasteiger partial charge in [-0.15, -0.1) is 0 Å². The summed E-state index contributed by atoms with van der Waals surface area (Å²) in [5, 5.41) is 0. The van der Waals surface area contributed by atoms with Gasteiger partial charge in [0, 0.05) is 17.8 Å². The van der Waals surface area contributed by atoms with Crippen LogP contribution in [-0.4, -0.2) is 24.0 Å². The Morgan fingerprint density at radius 2 is 1.95 bits per heavy atom. The summed E-state index contributed by atoms with van der Waals surface area (Å²) >= 11 is 0. The monoisotopic (exact) mass is 302 g/mol. The van der Waals surface area contributed by atoms with Gasteiger partial charge in [0.2, 0.25) is 0 Å². The smallest absolute Gasteiger partial charge is 0.315 e. The quantitative estimate of drug-likeness (QED) is 0.510. The molecule has 2 aliphatic heterocycles. The molecule has 5 rings (SSSR count). The maximum atomic E-state index is 12.6. The Balaban J connectivity index is 1.65. The third kappa shape index (κ3) is 1.38. The van der Waals surface area contributed by atoms with E-state index in [9.17, 15) is 9.59 Å². The van der Waals surface area contributed by atoms with Gasteiger partial charge in [0.25, 0.3) is 0 Å². The van der Waals surface area contributed by atoms with Crippen LogP contribution in [0, 0.1) is 22.7 Å². The lowest BCUT2D eigenvalue weighted by Gasteiger charge is -2.51. The van der Waals surface area contributed by atoms with Crippen molar-refractivity contribution in [2.45, 2.75) is 64.6 Å². The number of hydrogen-bond donors (Lipinski definition) is 0. The molecule has 118 valence electrons. The number of Topliss-reactive ketones (excluding diaryl/α,β-unsaturated/α-hetero) is 1. The van der Waals surface area contributed by atoms with Crippen molar-refractivity contribution in [3.05, 3.63) is 11.3 Å². The van der Waals surface area contributed by atoms with Gasteiger partial charge in [-0.05, 0) is 43.1 Å². The summed E-state index contributed by atoms with van der Waals surface area (Å²) < 4.78 is 11.6. The molecule has 2 saturated heterocycles. The lowest BCUT2D eigenvalue weighted by atomic mass is 9.54. The second kappa shape index (κ2) is 3.84. The summed E-state index contributed by atoms with van der Waals surface area (Å²) in [6.45, 7) is 4.49. The summed E-state index contributed by atoms with van der Waals surface area (Å²) in [7, 11) is 0. The van der Waals surface area contributed by atoms with E-state index >= 15 is 0 Å². The standard InChI is InChI=1S/C18H22O4/c1-17-6-3-4-9(17)13-10(5-7-17)18(2)11(16(20)22-13)8-12(19)14-15(18)21-14/h10-11,14-15H,3-8H2,1-2H3. The Kier molecular flexibility index (Phi) is 2.32. The van der Waals surface area contributed by atoms with Crippen LogP contribution >= 0.6 is 0 Å². The van der Waals surface area contributed by atoms with Crippen LogP contribution in [0.3, 0.4) is 0 Å². The minimum absolute atomic E-state index is 0.0713. The van der Waals surface area contributed by atoms with Gasteiger partial charge in [0.1, 0.15) is 11.9 Å². The first-order valence-corrected chi connectivity index (χ1v) is 8.58. The molecule has 5 aliphatic rings. The summed E-state index contributed by atoms with van der Waals surface area (Å²) in [4.78, 5) is 24.7. The molecule has 2 saturated carbocycles. The van der Waals surface area contributed by atoms with Crippen molar-refractivity contribution in [3.8, 4) is 0 Å². The molecule has 2 heterocycles. The molecule has 0 aromatic heterocycles.